The highest BCUT2D eigenvalue weighted by Gasteiger charge is 2.08. The third kappa shape index (κ3) is 2.14. The van der Waals surface area contributed by atoms with Crippen LogP contribution in [0.2, 0.25) is 0 Å². The van der Waals surface area contributed by atoms with E-state index in [-0.39, 0.29) is 0 Å². The molecule has 0 aliphatic heterocycles. The van der Waals surface area contributed by atoms with Crippen LogP contribution in [0.25, 0.3) is 5.65 Å². The van der Waals surface area contributed by atoms with E-state index in [2.05, 4.69) is 37.8 Å². The smallest absolute Gasteiger partial charge is 0.200 e. The van der Waals surface area contributed by atoms with E-state index in [1.807, 2.05) is 23.7 Å². The molecule has 0 fully saturated rings. The molecule has 1 unspecified atom stereocenters. The van der Waals surface area contributed by atoms with E-state index in [4.69, 9.17) is 0 Å². The fraction of sp³-hybridized carbons (Fsp3) is 0.300. The summed E-state index contributed by atoms with van der Waals surface area (Å²) in [6.45, 7) is 2.90. The molecule has 0 bridgehead atoms. The predicted octanol–water partition coefficient (Wildman–Crippen LogP) is 1.19. The zero-order chi connectivity index (χ0) is 12.4. The summed E-state index contributed by atoms with van der Waals surface area (Å²) in [5.41, 5.74) is 0.633. The molecule has 3 aromatic heterocycles. The molecule has 3 rings (SSSR count). The van der Waals surface area contributed by atoms with Crippen molar-refractivity contribution in [3.8, 4) is 0 Å². The number of hydrogen-bond donors (Lipinski definition) is 1. The highest BCUT2D eigenvalue weighted by molar-refractivity contribution is 7.09. The Kier molecular flexibility index (Phi) is 2.85. The molecule has 8 heteroatoms. The first-order chi connectivity index (χ1) is 8.83. The highest BCUT2D eigenvalue weighted by Crippen LogP contribution is 2.17. The molecule has 7 nitrogen and oxygen atoms in total. The number of nitrogens with zero attached hydrogens (tertiary/aromatic N) is 6. The van der Waals surface area contributed by atoms with E-state index in [1.54, 1.807) is 11.3 Å². The monoisotopic (exact) mass is 261 g/mol. The van der Waals surface area contributed by atoms with E-state index in [0.717, 1.165) is 17.4 Å². The lowest BCUT2D eigenvalue weighted by Crippen LogP contribution is -2.11. The van der Waals surface area contributed by atoms with Crippen molar-refractivity contribution in [3.63, 3.8) is 0 Å². The lowest BCUT2D eigenvalue weighted by molar-refractivity contribution is 0.727. The van der Waals surface area contributed by atoms with Crippen molar-refractivity contribution in [2.75, 3.05) is 11.9 Å². The Morgan fingerprint density at radius 1 is 1.44 bits per heavy atom. The van der Waals surface area contributed by atoms with E-state index >= 15 is 0 Å². The zero-order valence-corrected chi connectivity index (χ0v) is 10.5. The van der Waals surface area contributed by atoms with Gasteiger partial charge in [0, 0.05) is 24.0 Å². The largest absolute Gasteiger partial charge is 0.368 e. The van der Waals surface area contributed by atoms with E-state index in [9.17, 15) is 0 Å². The first-order valence-corrected chi connectivity index (χ1v) is 6.39. The minimum Gasteiger partial charge on any atom is -0.368 e. The van der Waals surface area contributed by atoms with Crippen LogP contribution in [0, 0.1) is 0 Å². The highest BCUT2D eigenvalue weighted by atomic mass is 32.1. The first-order valence-electron chi connectivity index (χ1n) is 5.51. The van der Waals surface area contributed by atoms with E-state index < -0.39 is 0 Å². The van der Waals surface area contributed by atoms with Crippen LogP contribution in [0.5, 0.6) is 0 Å². The van der Waals surface area contributed by atoms with Gasteiger partial charge in [0.25, 0.3) is 0 Å². The van der Waals surface area contributed by atoms with Gasteiger partial charge in [-0.1, -0.05) is 6.92 Å². The topological polar surface area (TPSA) is 80.9 Å². The second-order valence-corrected chi connectivity index (χ2v) is 4.82. The molecule has 0 spiro atoms. The average Bonchev–Trinajstić information content (AvgIpc) is 3.05. The fourth-order valence-corrected chi connectivity index (χ4v) is 2.27. The molecule has 0 saturated heterocycles. The molecule has 3 aromatic rings. The number of nitrogens with one attached hydrogen (secondary N) is 1. The lowest BCUT2D eigenvalue weighted by atomic mass is 10.2. The van der Waals surface area contributed by atoms with Crippen LogP contribution in [0.15, 0.2) is 23.7 Å². The molecule has 3 heterocycles. The number of rotatable bonds is 4. The predicted molar refractivity (Wildman–Crippen MR) is 67.6 cm³/mol. The van der Waals surface area contributed by atoms with Crippen LogP contribution in [-0.2, 0) is 0 Å². The minimum absolute atomic E-state index is 0.344. The fourth-order valence-electron chi connectivity index (χ4n) is 1.57. The second kappa shape index (κ2) is 4.65. The summed E-state index contributed by atoms with van der Waals surface area (Å²) in [6, 6.07) is 3.68. The van der Waals surface area contributed by atoms with Crippen LogP contribution in [-0.4, -0.2) is 36.8 Å². The van der Waals surface area contributed by atoms with Crippen molar-refractivity contribution in [3.05, 3.63) is 28.7 Å². The molecule has 92 valence electrons. The molecule has 1 N–H and O–H groups in total. The molecule has 1 atom stereocenters. The molecule has 18 heavy (non-hydrogen) atoms. The summed E-state index contributed by atoms with van der Waals surface area (Å²) >= 11 is 1.66. The van der Waals surface area contributed by atoms with Gasteiger partial charge in [-0.15, -0.1) is 26.2 Å². The molecular formula is C10H11N7S. The lowest BCUT2D eigenvalue weighted by Gasteiger charge is -2.09. The molecule has 0 saturated carbocycles. The van der Waals surface area contributed by atoms with Gasteiger partial charge >= 0.3 is 0 Å². The van der Waals surface area contributed by atoms with Gasteiger partial charge in [0.2, 0.25) is 0 Å². The van der Waals surface area contributed by atoms with Gasteiger partial charge in [-0.25, -0.2) is 4.98 Å². The van der Waals surface area contributed by atoms with Crippen molar-refractivity contribution in [1.29, 1.82) is 0 Å². The molecule has 0 radical (unpaired) electrons. The average molecular weight is 261 g/mol. The number of fused-ring (bicyclic) bond motifs is 1. The zero-order valence-electron chi connectivity index (χ0n) is 9.69. The van der Waals surface area contributed by atoms with Crippen molar-refractivity contribution in [2.24, 2.45) is 0 Å². The Morgan fingerprint density at radius 2 is 2.39 bits per heavy atom. The minimum atomic E-state index is 0.344. The van der Waals surface area contributed by atoms with Crippen LogP contribution in [0.3, 0.4) is 0 Å². The summed E-state index contributed by atoms with van der Waals surface area (Å²) in [5, 5.41) is 21.7. The van der Waals surface area contributed by atoms with Crippen molar-refractivity contribution >= 4 is 22.8 Å². The maximum absolute atomic E-state index is 4.29. The number of tetrazole rings is 1. The Bertz CT molecular complexity index is 633. The summed E-state index contributed by atoms with van der Waals surface area (Å²) < 4.78 is 1.40. The molecule has 0 amide bonds. The van der Waals surface area contributed by atoms with Crippen LogP contribution >= 0.6 is 11.3 Å². The van der Waals surface area contributed by atoms with Crippen molar-refractivity contribution in [2.45, 2.75) is 12.8 Å². The van der Waals surface area contributed by atoms with Gasteiger partial charge in [-0.2, -0.15) is 0 Å². The van der Waals surface area contributed by atoms with Gasteiger partial charge < -0.3 is 5.32 Å². The summed E-state index contributed by atoms with van der Waals surface area (Å²) in [4.78, 5) is 4.29. The number of thiazole rings is 1. The number of aromatic nitrogens is 6. The maximum Gasteiger partial charge on any atom is 0.200 e. The SMILES string of the molecule is CC(CNc1ccc2nnnn2n1)c1nccs1. The van der Waals surface area contributed by atoms with Gasteiger partial charge in [-0.05, 0) is 22.6 Å². The van der Waals surface area contributed by atoms with E-state index in [0.29, 0.717) is 11.6 Å². The van der Waals surface area contributed by atoms with Gasteiger partial charge in [0.05, 0.1) is 5.01 Å². The number of anilines is 1. The van der Waals surface area contributed by atoms with Crippen LogP contribution < -0.4 is 5.32 Å². The van der Waals surface area contributed by atoms with Crippen LogP contribution in [0.4, 0.5) is 5.82 Å². The first kappa shape index (κ1) is 11.0. The second-order valence-electron chi connectivity index (χ2n) is 3.90. The van der Waals surface area contributed by atoms with Crippen molar-refractivity contribution in [1.82, 2.24) is 30.2 Å². The molecule has 0 aliphatic rings. The Hall–Kier alpha value is -2.09. The third-order valence-electron chi connectivity index (χ3n) is 2.53. The molecular weight excluding hydrogens is 250 g/mol. The summed E-state index contributed by atoms with van der Waals surface area (Å²) in [7, 11) is 0. The quantitative estimate of drug-likeness (QED) is 0.759. The Balaban J connectivity index is 1.69. The standard InChI is InChI=1S/C10H11N7S/c1-7(10-11-4-5-18-10)6-12-8-2-3-9-13-15-16-17(9)14-8/h2-5,7H,6H2,1H3,(H,12,14). The number of hydrogen-bond acceptors (Lipinski definition) is 7. The summed E-state index contributed by atoms with van der Waals surface area (Å²) in [6.07, 6.45) is 1.82. The summed E-state index contributed by atoms with van der Waals surface area (Å²) in [5.74, 6) is 1.09. The molecule has 0 aliphatic carbocycles. The maximum atomic E-state index is 4.29. The Labute approximate surface area is 107 Å². The van der Waals surface area contributed by atoms with Gasteiger partial charge in [-0.3, -0.25) is 0 Å². The van der Waals surface area contributed by atoms with Gasteiger partial charge in [0.1, 0.15) is 5.82 Å². The van der Waals surface area contributed by atoms with Crippen molar-refractivity contribution < 1.29 is 0 Å². The van der Waals surface area contributed by atoms with Gasteiger partial charge in [0.15, 0.2) is 5.65 Å². The van der Waals surface area contributed by atoms with Crippen LogP contribution in [0.1, 0.15) is 17.8 Å². The third-order valence-corrected chi connectivity index (χ3v) is 3.54. The molecule has 0 aromatic carbocycles. The van der Waals surface area contributed by atoms with E-state index in [1.165, 1.54) is 4.63 Å². The Morgan fingerprint density at radius 3 is 3.22 bits per heavy atom. The normalized spacial score (nSPS) is 12.7.